The second kappa shape index (κ2) is 5.62. The molecule has 0 spiro atoms. The Balaban J connectivity index is 2.05. The van der Waals surface area contributed by atoms with Crippen molar-refractivity contribution in [2.24, 2.45) is 5.92 Å². The van der Waals surface area contributed by atoms with Gasteiger partial charge in [0.15, 0.2) is 0 Å². The monoisotopic (exact) mass is 248 g/mol. The van der Waals surface area contributed by atoms with Crippen LogP contribution in [0.4, 0.5) is 0 Å². The predicted molar refractivity (Wildman–Crippen MR) is 64.9 cm³/mol. The summed E-state index contributed by atoms with van der Waals surface area (Å²) in [4.78, 5) is 29.3. The number of piperidine rings is 1. The summed E-state index contributed by atoms with van der Waals surface area (Å²) >= 11 is 0. The van der Waals surface area contributed by atoms with Gasteiger partial charge >= 0.3 is 5.97 Å². The molecule has 1 aromatic rings. The molecule has 1 aliphatic rings. The van der Waals surface area contributed by atoms with Gasteiger partial charge in [-0.2, -0.15) is 0 Å². The molecule has 1 atom stereocenters. The smallest absolute Gasteiger partial charge is 0.310 e. The van der Waals surface area contributed by atoms with E-state index in [2.05, 4.69) is 4.98 Å². The summed E-state index contributed by atoms with van der Waals surface area (Å²) in [6.07, 6.45) is 4.80. The number of carbonyl (C=O) groups excluding carboxylic acids is 2. The lowest BCUT2D eigenvalue weighted by Gasteiger charge is -2.31. The highest BCUT2D eigenvalue weighted by Gasteiger charge is 2.29. The molecular weight excluding hydrogens is 232 g/mol. The first kappa shape index (κ1) is 12.5. The normalized spacial score (nSPS) is 19.4. The fourth-order valence-electron chi connectivity index (χ4n) is 2.20. The summed E-state index contributed by atoms with van der Waals surface area (Å²) in [6.45, 7) is 1.13. The van der Waals surface area contributed by atoms with Gasteiger partial charge in [-0.3, -0.25) is 14.6 Å². The van der Waals surface area contributed by atoms with Gasteiger partial charge in [0.25, 0.3) is 5.91 Å². The number of pyridine rings is 1. The van der Waals surface area contributed by atoms with Crippen LogP contribution in [0.1, 0.15) is 23.2 Å². The summed E-state index contributed by atoms with van der Waals surface area (Å²) < 4.78 is 4.74. The Morgan fingerprint density at radius 3 is 2.78 bits per heavy atom. The molecular formula is C13H16N2O3. The zero-order chi connectivity index (χ0) is 13.0. The highest BCUT2D eigenvalue weighted by atomic mass is 16.5. The number of aromatic nitrogens is 1. The Bertz CT molecular complexity index is 433. The molecule has 18 heavy (non-hydrogen) atoms. The molecule has 2 rings (SSSR count). The van der Waals surface area contributed by atoms with Crippen molar-refractivity contribution >= 4 is 11.9 Å². The molecule has 0 N–H and O–H groups in total. The zero-order valence-corrected chi connectivity index (χ0v) is 10.3. The standard InChI is InChI=1S/C13H16N2O3/c1-18-13(17)11-3-2-8-15(9-11)12(16)10-4-6-14-7-5-10/h4-7,11H,2-3,8-9H2,1H3/t11-/m0/s1. The number of esters is 1. The van der Waals surface area contributed by atoms with Crippen LogP contribution in [-0.2, 0) is 9.53 Å². The average Bonchev–Trinajstić information content (AvgIpc) is 2.46. The van der Waals surface area contributed by atoms with E-state index in [0.717, 1.165) is 12.8 Å². The highest BCUT2D eigenvalue weighted by molar-refractivity contribution is 5.94. The summed E-state index contributed by atoms with van der Waals surface area (Å²) in [7, 11) is 1.38. The first-order valence-corrected chi connectivity index (χ1v) is 5.99. The van der Waals surface area contributed by atoms with Crippen molar-refractivity contribution < 1.29 is 14.3 Å². The van der Waals surface area contributed by atoms with Crippen LogP contribution >= 0.6 is 0 Å². The van der Waals surface area contributed by atoms with Crippen molar-refractivity contribution in [2.75, 3.05) is 20.2 Å². The van der Waals surface area contributed by atoms with Crippen molar-refractivity contribution in [3.05, 3.63) is 30.1 Å². The lowest BCUT2D eigenvalue weighted by molar-refractivity contribution is -0.146. The third-order valence-electron chi connectivity index (χ3n) is 3.17. The van der Waals surface area contributed by atoms with Crippen molar-refractivity contribution in [1.82, 2.24) is 9.88 Å². The second-order valence-corrected chi connectivity index (χ2v) is 4.35. The molecule has 1 amide bonds. The summed E-state index contributed by atoms with van der Waals surface area (Å²) in [5, 5.41) is 0. The SMILES string of the molecule is COC(=O)[C@H]1CCCN(C(=O)c2ccncc2)C1. The molecule has 0 saturated carbocycles. The molecule has 2 heterocycles. The van der Waals surface area contributed by atoms with Crippen molar-refractivity contribution in [3.63, 3.8) is 0 Å². The van der Waals surface area contributed by atoms with Crippen LogP contribution in [0, 0.1) is 5.92 Å². The Labute approximate surface area is 106 Å². The highest BCUT2D eigenvalue weighted by Crippen LogP contribution is 2.19. The number of ether oxygens (including phenoxy) is 1. The minimum atomic E-state index is -0.234. The Kier molecular flexibility index (Phi) is 3.92. The molecule has 96 valence electrons. The van der Waals surface area contributed by atoms with Gasteiger partial charge in [-0.1, -0.05) is 0 Å². The van der Waals surface area contributed by atoms with Gasteiger partial charge in [-0.15, -0.1) is 0 Å². The Hall–Kier alpha value is -1.91. The van der Waals surface area contributed by atoms with Gasteiger partial charge in [0.05, 0.1) is 13.0 Å². The van der Waals surface area contributed by atoms with E-state index in [1.807, 2.05) is 0 Å². The van der Waals surface area contributed by atoms with E-state index < -0.39 is 0 Å². The number of methoxy groups -OCH3 is 1. The largest absolute Gasteiger partial charge is 0.469 e. The van der Waals surface area contributed by atoms with Gasteiger partial charge in [0, 0.05) is 31.0 Å². The van der Waals surface area contributed by atoms with Crippen LogP contribution in [0.3, 0.4) is 0 Å². The van der Waals surface area contributed by atoms with Crippen LogP contribution in [-0.4, -0.2) is 42.0 Å². The van der Waals surface area contributed by atoms with E-state index in [4.69, 9.17) is 4.74 Å². The molecule has 0 radical (unpaired) electrons. The van der Waals surface area contributed by atoms with Gasteiger partial charge in [0.1, 0.15) is 0 Å². The van der Waals surface area contributed by atoms with Crippen molar-refractivity contribution in [1.29, 1.82) is 0 Å². The van der Waals surface area contributed by atoms with Crippen LogP contribution in [0.5, 0.6) is 0 Å². The minimum Gasteiger partial charge on any atom is -0.469 e. The number of carbonyl (C=O) groups is 2. The number of hydrogen-bond donors (Lipinski definition) is 0. The van der Waals surface area contributed by atoms with Crippen LogP contribution in [0.25, 0.3) is 0 Å². The third kappa shape index (κ3) is 2.67. The fourth-order valence-corrected chi connectivity index (χ4v) is 2.20. The van der Waals surface area contributed by atoms with E-state index in [-0.39, 0.29) is 17.8 Å². The van der Waals surface area contributed by atoms with Gasteiger partial charge in [-0.25, -0.2) is 0 Å². The van der Waals surface area contributed by atoms with Crippen molar-refractivity contribution in [3.8, 4) is 0 Å². The van der Waals surface area contributed by atoms with E-state index in [1.54, 1.807) is 29.4 Å². The van der Waals surface area contributed by atoms with Gasteiger partial charge in [-0.05, 0) is 25.0 Å². The van der Waals surface area contributed by atoms with E-state index in [0.29, 0.717) is 18.7 Å². The number of nitrogens with zero attached hydrogens (tertiary/aromatic N) is 2. The van der Waals surface area contributed by atoms with Gasteiger partial charge < -0.3 is 9.64 Å². The zero-order valence-electron chi connectivity index (χ0n) is 10.3. The van der Waals surface area contributed by atoms with Crippen LogP contribution in [0.15, 0.2) is 24.5 Å². The maximum atomic E-state index is 12.2. The first-order chi connectivity index (χ1) is 8.72. The Morgan fingerprint density at radius 1 is 1.39 bits per heavy atom. The number of hydrogen-bond acceptors (Lipinski definition) is 4. The third-order valence-corrected chi connectivity index (χ3v) is 3.17. The minimum absolute atomic E-state index is 0.0500. The molecule has 0 aliphatic carbocycles. The lowest BCUT2D eigenvalue weighted by Crippen LogP contribution is -2.42. The average molecular weight is 248 g/mol. The van der Waals surface area contributed by atoms with E-state index in [1.165, 1.54) is 7.11 Å². The quantitative estimate of drug-likeness (QED) is 0.735. The summed E-state index contributed by atoms with van der Waals surface area (Å²) in [5.74, 6) is -0.484. The molecule has 5 nitrogen and oxygen atoms in total. The molecule has 1 saturated heterocycles. The first-order valence-electron chi connectivity index (χ1n) is 5.99. The number of likely N-dealkylation sites (tertiary alicyclic amines) is 1. The summed E-state index contributed by atoms with van der Waals surface area (Å²) in [5.41, 5.74) is 0.607. The maximum absolute atomic E-state index is 12.2. The molecule has 1 fully saturated rings. The van der Waals surface area contributed by atoms with Crippen LogP contribution in [0.2, 0.25) is 0 Å². The molecule has 1 aromatic heterocycles. The topological polar surface area (TPSA) is 59.5 Å². The van der Waals surface area contributed by atoms with Crippen molar-refractivity contribution in [2.45, 2.75) is 12.8 Å². The maximum Gasteiger partial charge on any atom is 0.310 e. The molecule has 0 aromatic carbocycles. The predicted octanol–water partition coefficient (Wildman–Crippen LogP) is 1.11. The summed E-state index contributed by atoms with van der Waals surface area (Å²) in [6, 6.07) is 3.37. The molecule has 0 unspecified atom stereocenters. The van der Waals surface area contributed by atoms with E-state index in [9.17, 15) is 9.59 Å². The lowest BCUT2D eigenvalue weighted by atomic mass is 9.97. The second-order valence-electron chi connectivity index (χ2n) is 4.35. The number of amides is 1. The number of rotatable bonds is 2. The Morgan fingerprint density at radius 2 is 2.11 bits per heavy atom. The van der Waals surface area contributed by atoms with Crippen LogP contribution < -0.4 is 0 Å². The van der Waals surface area contributed by atoms with Gasteiger partial charge in [0.2, 0.25) is 0 Å². The molecule has 1 aliphatic heterocycles. The molecule has 0 bridgehead atoms. The molecule has 5 heteroatoms. The fraction of sp³-hybridized carbons (Fsp3) is 0.462. The van der Waals surface area contributed by atoms with E-state index >= 15 is 0 Å².